The molecular formula is C11H11BrN2OS. The number of carbonyl (C=O) groups is 1. The molecule has 0 fully saturated rings. The Labute approximate surface area is 106 Å². The normalized spacial score (nSPS) is 10.7. The molecule has 84 valence electrons. The maximum absolute atomic E-state index is 11.9. The van der Waals surface area contributed by atoms with Crippen LogP contribution in [0, 0.1) is 6.92 Å². The minimum atomic E-state index is 0.130. The molecule has 16 heavy (non-hydrogen) atoms. The summed E-state index contributed by atoms with van der Waals surface area (Å²) >= 11 is 5.00. The van der Waals surface area contributed by atoms with Crippen LogP contribution in [0.1, 0.15) is 21.7 Å². The first-order valence-electron chi connectivity index (χ1n) is 4.83. The maximum Gasteiger partial charge on any atom is 0.169 e. The summed E-state index contributed by atoms with van der Waals surface area (Å²) in [6.45, 7) is 1.92. The van der Waals surface area contributed by atoms with Crippen LogP contribution in [0.4, 0.5) is 0 Å². The Morgan fingerprint density at radius 3 is 2.88 bits per heavy atom. The van der Waals surface area contributed by atoms with Crippen molar-refractivity contribution in [2.75, 3.05) is 0 Å². The number of nitrogens with zero attached hydrogens (tertiary/aromatic N) is 2. The van der Waals surface area contributed by atoms with Crippen LogP contribution in [0.5, 0.6) is 0 Å². The molecule has 2 rings (SSSR count). The van der Waals surface area contributed by atoms with Crippen LogP contribution in [0.2, 0.25) is 0 Å². The lowest BCUT2D eigenvalue weighted by Gasteiger charge is -2.01. The van der Waals surface area contributed by atoms with Gasteiger partial charge in [-0.05, 0) is 34.3 Å². The van der Waals surface area contributed by atoms with E-state index in [1.165, 1.54) is 11.3 Å². The molecule has 0 atom stereocenters. The van der Waals surface area contributed by atoms with Crippen LogP contribution in [-0.2, 0) is 13.5 Å². The minimum Gasteiger partial charge on any atom is -0.294 e. The highest BCUT2D eigenvalue weighted by Crippen LogP contribution is 2.22. The number of aryl methyl sites for hydroxylation is 2. The number of ketones is 1. The summed E-state index contributed by atoms with van der Waals surface area (Å²) in [7, 11) is 1.86. The fourth-order valence-corrected chi connectivity index (χ4v) is 2.69. The second kappa shape index (κ2) is 4.51. The third-order valence-electron chi connectivity index (χ3n) is 2.43. The Morgan fingerprint density at radius 1 is 1.62 bits per heavy atom. The van der Waals surface area contributed by atoms with Gasteiger partial charge in [-0.2, -0.15) is 16.4 Å². The quantitative estimate of drug-likeness (QED) is 0.817. The summed E-state index contributed by atoms with van der Waals surface area (Å²) in [5.41, 5.74) is 2.61. The number of Topliss-reactive ketones (excluding diaryl/α,β-unsaturated/α-hetero) is 1. The molecule has 2 heterocycles. The van der Waals surface area contributed by atoms with Gasteiger partial charge in [0.2, 0.25) is 0 Å². The first-order chi connectivity index (χ1) is 7.59. The molecule has 0 unspecified atom stereocenters. The molecule has 0 aliphatic heterocycles. The largest absolute Gasteiger partial charge is 0.294 e. The van der Waals surface area contributed by atoms with Crippen molar-refractivity contribution >= 4 is 33.0 Å². The highest BCUT2D eigenvalue weighted by atomic mass is 79.9. The highest BCUT2D eigenvalue weighted by molar-refractivity contribution is 9.10. The fraction of sp³-hybridized carbons (Fsp3) is 0.273. The first-order valence-corrected chi connectivity index (χ1v) is 6.56. The predicted molar refractivity (Wildman–Crippen MR) is 68.0 cm³/mol. The van der Waals surface area contributed by atoms with Crippen molar-refractivity contribution in [3.05, 3.63) is 38.3 Å². The van der Waals surface area contributed by atoms with E-state index in [9.17, 15) is 4.79 Å². The topological polar surface area (TPSA) is 34.9 Å². The van der Waals surface area contributed by atoms with Crippen LogP contribution < -0.4 is 0 Å². The van der Waals surface area contributed by atoms with Crippen molar-refractivity contribution in [2.24, 2.45) is 7.05 Å². The van der Waals surface area contributed by atoms with Gasteiger partial charge in [0, 0.05) is 18.0 Å². The van der Waals surface area contributed by atoms with Crippen molar-refractivity contribution in [3.63, 3.8) is 0 Å². The molecule has 0 N–H and O–H groups in total. The van der Waals surface area contributed by atoms with E-state index in [0.717, 1.165) is 21.4 Å². The number of rotatable bonds is 3. The Morgan fingerprint density at radius 2 is 2.38 bits per heavy atom. The van der Waals surface area contributed by atoms with Gasteiger partial charge in [0.05, 0.1) is 22.3 Å². The Hall–Kier alpha value is -0.940. The molecule has 5 heteroatoms. The minimum absolute atomic E-state index is 0.130. The zero-order valence-electron chi connectivity index (χ0n) is 9.03. The molecule has 0 saturated heterocycles. The number of aromatic nitrogens is 2. The molecule has 0 aliphatic rings. The third-order valence-corrected chi connectivity index (χ3v) is 4.15. The molecule has 2 aromatic rings. The molecule has 2 aromatic heterocycles. The molecule has 0 radical (unpaired) electrons. The Balaban J connectivity index is 2.25. The number of carbonyl (C=O) groups excluding carboxylic acids is 1. The van der Waals surface area contributed by atoms with Gasteiger partial charge in [-0.3, -0.25) is 9.48 Å². The van der Waals surface area contributed by atoms with Crippen LogP contribution in [-0.4, -0.2) is 15.6 Å². The lowest BCUT2D eigenvalue weighted by molar-refractivity contribution is 0.0991. The highest BCUT2D eigenvalue weighted by Gasteiger charge is 2.15. The zero-order valence-corrected chi connectivity index (χ0v) is 11.4. The fourth-order valence-electron chi connectivity index (χ4n) is 1.55. The molecule has 3 nitrogen and oxygen atoms in total. The van der Waals surface area contributed by atoms with E-state index in [4.69, 9.17) is 0 Å². The summed E-state index contributed by atoms with van der Waals surface area (Å²) in [5, 5.41) is 8.05. The Bertz CT molecular complexity index is 516. The number of thiophene rings is 1. The summed E-state index contributed by atoms with van der Waals surface area (Å²) in [5.74, 6) is 0.130. The average molecular weight is 299 g/mol. The molecule has 0 bridgehead atoms. The van der Waals surface area contributed by atoms with Crippen molar-refractivity contribution < 1.29 is 4.79 Å². The monoisotopic (exact) mass is 298 g/mol. The average Bonchev–Trinajstić information content (AvgIpc) is 2.83. The van der Waals surface area contributed by atoms with Gasteiger partial charge in [-0.1, -0.05) is 0 Å². The van der Waals surface area contributed by atoms with E-state index in [1.807, 2.05) is 30.8 Å². The van der Waals surface area contributed by atoms with E-state index in [1.54, 1.807) is 4.68 Å². The summed E-state index contributed by atoms with van der Waals surface area (Å²) in [4.78, 5) is 11.9. The van der Waals surface area contributed by atoms with E-state index in [0.29, 0.717) is 6.42 Å². The van der Waals surface area contributed by atoms with Gasteiger partial charge >= 0.3 is 0 Å². The van der Waals surface area contributed by atoms with Crippen LogP contribution in [0.3, 0.4) is 0 Å². The molecular weight excluding hydrogens is 288 g/mol. The van der Waals surface area contributed by atoms with E-state index < -0.39 is 0 Å². The smallest absolute Gasteiger partial charge is 0.169 e. The van der Waals surface area contributed by atoms with Crippen LogP contribution in [0.15, 0.2) is 21.3 Å². The van der Waals surface area contributed by atoms with Crippen LogP contribution in [0.25, 0.3) is 0 Å². The standard InChI is InChI=1S/C11H11BrN2OS/c1-7-11(12)9(14(2)13-7)5-10(15)8-3-4-16-6-8/h3-4,6H,5H2,1-2H3. The number of halogens is 1. The van der Waals surface area contributed by atoms with Crippen molar-refractivity contribution in [1.82, 2.24) is 9.78 Å². The van der Waals surface area contributed by atoms with Crippen molar-refractivity contribution in [2.45, 2.75) is 13.3 Å². The van der Waals surface area contributed by atoms with Gasteiger partial charge in [0.1, 0.15) is 0 Å². The second-order valence-corrected chi connectivity index (χ2v) is 5.15. The first kappa shape index (κ1) is 11.5. The Kier molecular flexibility index (Phi) is 3.25. The number of hydrogen-bond acceptors (Lipinski definition) is 3. The molecule has 0 aromatic carbocycles. The summed E-state index contributed by atoms with van der Waals surface area (Å²) in [6.07, 6.45) is 0.384. The molecule has 0 spiro atoms. The zero-order chi connectivity index (χ0) is 11.7. The van der Waals surface area contributed by atoms with E-state index >= 15 is 0 Å². The molecule has 0 saturated carbocycles. The van der Waals surface area contributed by atoms with Gasteiger partial charge in [0.15, 0.2) is 5.78 Å². The predicted octanol–water partition coefficient (Wildman–Crippen LogP) is 2.98. The van der Waals surface area contributed by atoms with Gasteiger partial charge in [-0.15, -0.1) is 0 Å². The van der Waals surface area contributed by atoms with Gasteiger partial charge in [-0.25, -0.2) is 0 Å². The lowest BCUT2D eigenvalue weighted by atomic mass is 10.1. The molecule has 0 amide bonds. The van der Waals surface area contributed by atoms with Crippen LogP contribution >= 0.6 is 27.3 Å². The summed E-state index contributed by atoms with van der Waals surface area (Å²) < 4.78 is 2.68. The SMILES string of the molecule is Cc1nn(C)c(CC(=O)c2ccsc2)c1Br. The number of hydrogen-bond donors (Lipinski definition) is 0. The second-order valence-electron chi connectivity index (χ2n) is 3.58. The maximum atomic E-state index is 11.9. The van der Waals surface area contributed by atoms with Crippen molar-refractivity contribution in [1.29, 1.82) is 0 Å². The van der Waals surface area contributed by atoms with Crippen molar-refractivity contribution in [3.8, 4) is 0 Å². The van der Waals surface area contributed by atoms with Gasteiger partial charge < -0.3 is 0 Å². The third kappa shape index (κ3) is 2.10. The molecule has 0 aliphatic carbocycles. The van der Waals surface area contributed by atoms with E-state index in [2.05, 4.69) is 21.0 Å². The van der Waals surface area contributed by atoms with Gasteiger partial charge in [0.25, 0.3) is 0 Å². The van der Waals surface area contributed by atoms with E-state index in [-0.39, 0.29) is 5.78 Å². The lowest BCUT2D eigenvalue weighted by Crippen LogP contribution is -2.07. The summed E-state index contributed by atoms with van der Waals surface area (Å²) in [6, 6.07) is 1.85.